The molecule has 25 heavy (non-hydrogen) atoms. The Labute approximate surface area is 142 Å². The van der Waals surface area contributed by atoms with Gasteiger partial charge in [-0.25, -0.2) is 4.79 Å². The number of aryl methyl sites for hydroxylation is 1. The van der Waals surface area contributed by atoms with Gasteiger partial charge in [0.2, 0.25) is 5.71 Å². The number of imidazole rings is 1. The van der Waals surface area contributed by atoms with Crippen molar-refractivity contribution in [3.8, 4) is 23.1 Å². The first-order chi connectivity index (χ1) is 12.1. The SMILES string of the molecule is Cc1ccc(Oc2nc3oc(-c4ccccc4)cc3[nH]2)cc1C(=O)O. The molecule has 0 radical (unpaired) electrons. The summed E-state index contributed by atoms with van der Waals surface area (Å²) in [5.41, 5.74) is 2.96. The van der Waals surface area contributed by atoms with Crippen LogP contribution in [-0.4, -0.2) is 21.0 Å². The molecule has 0 bridgehead atoms. The Morgan fingerprint density at radius 2 is 1.96 bits per heavy atom. The number of H-pyrrole nitrogens is 1. The maximum atomic E-state index is 11.2. The van der Waals surface area contributed by atoms with Gasteiger partial charge < -0.3 is 19.2 Å². The summed E-state index contributed by atoms with van der Waals surface area (Å²) in [5.74, 6) is 0.107. The zero-order valence-electron chi connectivity index (χ0n) is 13.3. The number of fused-ring (bicyclic) bond motifs is 1. The van der Waals surface area contributed by atoms with Crippen molar-refractivity contribution in [2.75, 3.05) is 0 Å². The number of benzene rings is 2. The summed E-state index contributed by atoms with van der Waals surface area (Å²) < 4.78 is 11.4. The first-order valence-corrected chi connectivity index (χ1v) is 7.67. The molecule has 2 aromatic carbocycles. The van der Waals surface area contributed by atoms with E-state index in [2.05, 4.69) is 9.97 Å². The van der Waals surface area contributed by atoms with Crippen LogP contribution in [0.5, 0.6) is 11.8 Å². The van der Waals surface area contributed by atoms with Crippen molar-refractivity contribution in [2.24, 2.45) is 0 Å². The second-order valence-electron chi connectivity index (χ2n) is 5.62. The second kappa shape index (κ2) is 5.83. The van der Waals surface area contributed by atoms with Gasteiger partial charge in [0, 0.05) is 11.6 Å². The van der Waals surface area contributed by atoms with E-state index in [0.29, 0.717) is 28.3 Å². The van der Waals surface area contributed by atoms with Crippen LogP contribution in [0.2, 0.25) is 0 Å². The highest BCUT2D eigenvalue weighted by Crippen LogP contribution is 2.29. The Balaban J connectivity index is 1.62. The number of nitrogens with one attached hydrogen (secondary N) is 1. The topological polar surface area (TPSA) is 88.4 Å². The van der Waals surface area contributed by atoms with E-state index in [1.807, 2.05) is 36.4 Å². The number of rotatable bonds is 4. The number of aromatic carboxylic acids is 1. The van der Waals surface area contributed by atoms with Gasteiger partial charge in [0.25, 0.3) is 0 Å². The summed E-state index contributed by atoms with van der Waals surface area (Å²) >= 11 is 0. The van der Waals surface area contributed by atoms with Gasteiger partial charge in [-0.3, -0.25) is 0 Å². The van der Waals surface area contributed by atoms with Gasteiger partial charge in [0.15, 0.2) is 0 Å². The van der Waals surface area contributed by atoms with Crippen LogP contribution < -0.4 is 4.74 Å². The predicted octanol–water partition coefficient (Wildman–Crippen LogP) is 4.62. The molecule has 0 saturated carbocycles. The second-order valence-corrected chi connectivity index (χ2v) is 5.62. The van der Waals surface area contributed by atoms with Crippen molar-refractivity contribution in [3.05, 3.63) is 65.7 Å². The molecule has 0 atom stereocenters. The summed E-state index contributed by atoms with van der Waals surface area (Å²) in [7, 11) is 0. The van der Waals surface area contributed by atoms with Crippen molar-refractivity contribution in [1.29, 1.82) is 0 Å². The number of carboxylic acids is 1. The minimum Gasteiger partial charge on any atom is -0.478 e. The quantitative estimate of drug-likeness (QED) is 0.568. The van der Waals surface area contributed by atoms with Crippen molar-refractivity contribution in [3.63, 3.8) is 0 Å². The van der Waals surface area contributed by atoms with Gasteiger partial charge in [-0.2, -0.15) is 4.98 Å². The van der Waals surface area contributed by atoms with Gasteiger partial charge in [0.1, 0.15) is 17.0 Å². The molecule has 2 aromatic heterocycles. The molecule has 2 N–H and O–H groups in total. The van der Waals surface area contributed by atoms with Crippen molar-refractivity contribution in [1.82, 2.24) is 9.97 Å². The fourth-order valence-electron chi connectivity index (χ4n) is 2.59. The van der Waals surface area contributed by atoms with Crippen LogP contribution >= 0.6 is 0 Å². The number of ether oxygens (including phenoxy) is 1. The molecule has 0 unspecified atom stereocenters. The summed E-state index contributed by atoms with van der Waals surface area (Å²) in [6.45, 7) is 1.73. The summed E-state index contributed by atoms with van der Waals surface area (Å²) in [6.07, 6.45) is 0. The van der Waals surface area contributed by atoms with Crippen molar-refractivity contribution in [2.45, 2.75) is 6.92 Å². The number of hydrogen-bond acceptors (Lipinski definition) is 4. The van der Waals surface area contributed by atoms with Crippen LogP contribution in [0.25, 0.3) is 22.6 Å². The molecule has 0 aliphatic rings. The number of nitrogens with zero attached hydrogens (tertiary/aromatic N) is 1. The highest BCUT2D eigenvalue weighted by atomic mass is 16.5. The van der Waals surface area contributed by atoms with Crippen molar-refractivity contribution >= 4 is 17.2 Å². The lowest BCUT2D eigenvalue weighted by Crippen LogP contribution is -2.00. The molecule has 2 heterocycles. The molecular weight excluding hydrogens is 320 g/mol. The lowest BCUT2D eigenvalue weighted by atomic mass is 10.1. The van der Waals surface area contributed by atoms with Gasteiger partial charge in [-0.1, -0.05) is 36.4 Å². The van der Waals surface area contributed by atoms with Gasteiger partial charge in [0.05, 0.1) is 5.56 Å². The van der Waals surface area contributed by atoms with E-state index in [-0.39, 0.29) is 11.6 Å². The molecule has 6 heteroatoms. The van der Waals surface area contributed by atoms with Gasteiger partial charge in [-0.15, -0.1) is 0 Å². The lowest BCUT2D eigenvalue weighted by molar-refractivity contribution is 0.0695. The van der Waals surface area contributed by atoms with E-state index in [4.69, 9.17) is 9.15 Å². The number of aromatic nitrogens is 2. The third kappa shape index (κ3) is 2.85. The Kier molecular flexibility index (Phi) is 3.50. The van der Waals surface area contributed by atoms with Crippen LogP contribution in [0.1, 0.15) is 15.9 Å². The predicted molar refractivity (Wildman–Crippen MR) is 92.0 cm³/mol. The monoisotopic (exact) mass is 334 g/mol. The standard InChI is InChI=1S/C19H14N2O4/c1-11-7-8-13(9-14(11)18(22)23)24-19-20-15-10-16(25-17(15)21-19)12-5-3-2-4-6-12/h2-10H,1H3,(H,20,21)(H,22,23). The number of carbonyl (C=O) groups is 1. The Morgan fingerprint density at radius 1 is 1.16 bits per heavy atom. The van der Waals surface area contributed by atoms with Crippen LogP contribution in [0, 0.1) is 6.92 Å². The smallest absolute Gasteiger partial charge is 0.336 e. The van der Waals surface area contributed by atoms with Crippen LogP contribution in [-0.2, 0) is 0 Å². The molecule has 0 saturated heterocycles. The average molecular weight is 334 g/mol. The van der Waals surface area contributed by atoms with E-state index in [9.17, 15) is 9.90 Å². The molecule has 0 aliphatic heterocycles. The molecule has 124 valence electrons. The van der Waals surface area contributed by atoms with Crippen LogP contribution in [0.15, 0.2) is 59.0 Å². The molecule has 0 amide bonds. The first kappa shape index (κ1) is 15.0. The number of carboxylic acid groups (broad SMARTS) is 1. The van der Waals surface area contributed by atoms with E-state index in [0.717, 1.165) is 5.56 Å². The molecule has 0 fully saturated rings. The third-order valence-corrected chi connectivity index (χ3v) is 3.87. The molecule has 4 rings (SSSR count). The lowest BCUT2D eigenvalue weighted by Gasteiger charge is -2.05. The highest BCUT2D eigenvalue weighted by molar-refractivity contribution is 5.89. The Bertz CT molecular complexity index is 1030. The Morgan fingerprint density at radius 3 is 2.68 bits per heavy atom. The minimum absolute atomic E-state index is 0.194. The van der Waals surface area contributed by atoms with E-state index >= 15 is 0 Å². The fourth-order valence-corrected chi connectivity index (χ4v) is 2.59. The highest BCUT2D eigenvalue weighted by Gasteiger charge is 2.14. The summed E-state index contributed by atoms with van der Waals surface area (Å²) in [6, 6.07) is 16.7. The first-order valence-electron chi connectivity index (χ1n) is 7.67. The minimum atomic E-state index is -0.997. The maximum absolute atomic E-state index is 11.2. The van der Waals surface area contributed by atoms with Crippen LogP contribution in [0.4, 0.5) is 0 Å². The fraction of sp³-hybridized carbons (Fsp3) is 0.0526. The van der Waals surface area contributed by atoms with Crippen molar-refractivity contribution < 1.29 is 19.1 Å². The number of hydrogen-bond donors (Lipinski definition) is 2. The Hall–Kier alpha value is -3.54. The normalized spacial score (nSPS) is 10.9. The van der Waals surface area contributed by atoms with E-state index in [1.54, 1.807) is 19.1 Å². The largest absolute Gasteiger partial charge is 0.478 e. The summed E-state index contributed by atoms with van der Waals surface area (Å²) in [4.78, 5) is 18.5. The summed E-state index contributed by atoms with van der Waals surface area (Å²) in [5, 5.41) is 9.18. The number of aromatic amines is 1. The molecule has 4 aromatic rings. The van der Waals surface area contributed by atoms with Gasteiger partial charge >= 0.3 is 12.0 Å². The molecule has 0 spiro atoms. The zero-order chi connectivity index (χ0) is 17.4. The third-order valence-electron chi connectivity index (χ3n) is 3.87. The number of furan rings is 1. The molecular formula is C19H14N2O4. The molecule has 0 aliphatic carbocycles. The van der Waals surface area contributed by atoms with E-state index in [1.165, 1.54) is 6.07 Å². The maximum Gasteiger partial charge on any atom is 0.336 e. The van der Waals surface area contributed by atoms with Crippen LogP contribution in [0.3, 0.4) is 0 Å². The van der Waals surface area contributed by atoms with Gasteiger partial charge in [-0.05, 0) is 24.6 Å². The molecule has 6 nitrogen and oxygen atoms in total. The average Bonchev–Trinajstić information content (AvgIpc) is 3.15. The van der Waals surface area contributed by atoms with E-state index < -0.39 is 5.97 Å². The zero-order valence-corrected chi connectivity index (χ0v) is 13.3.